The molecule has 5 nitrogen and oxygen atoms in total. The molecule has 0 N–H and O–H groups in total. The second-order valence-electron chi connectivity index (χ2n) is 5.45. The van der Waals surface area contributed by atoms with Gasteiger partial charge in [-0.3, -0.25) is 0 Å². The molecular formula is C17H23N3O2S. The third-order valence-electron chi connectivity index (χ3n) is 3.92. The van der Waals surface area contributed by atoms with Gasteiger partial charge in [0, 0.05) is 31.0 Å². The second kappa shape index (κ2) is 7.17. The Morgan fingerprint density at radius 1 is 1.09 bits per heavy atom. The van der Waals surface area contributed by atoms with Gasteiger partial charge in [-0.1, -0.05) is 6.92 Å². The zero-order valence-electron chi connectivity index (χ0n) is 14.0. The van der Waals surface area contributed by atoms with E-state index in [9.17, 15) is 0 Å². The molecule has 2 heterocycles. The first-order chi connectivity index (χ1) is 11.2. The molecule has 0 amide bonds. The van der Waals surface area contributed by atoms with E-state index in [1.807, 2.05) is 13.8 Å². The van der Waals surface area contributed by atoms with Crippen LogP contribution in [0.2, 0.25) is 0 Å². The number of fused-ring (bicyclic) bond motifs is 1. The first-order valence-electron chi connectivity index (χ1n) is 8.24. The van der Waals surface area contributed by atoms with Gasteiger partial charge < -0.3 is 14.4 Å². The number of rotatable bonds is 6. The van der Waals surface area contributed by atoms with Crippen LogP contribution in [-0.2, 0) is 19.4 Å². The number of hydrogen-bond acceptors (Lipinski definition) is 6. The molecule has 0 radical (unpaired) electrons. The van der Waals surface area contributed by atoms with Gasteiger partial charge in [-0.2, -0.15) is 4.37 Å². The van der Waals surface area contributed by atoms with Crippen molar-refractivity contribution in [3.8, 4) is 11.5 Å². The molecule has 0 bridgehead atoms. The lowest BCUT2D eigenvalue weighted by molar-refractivity contribution is 0.287. The van der Waals surface area contributed by atoms with E-state index in [0.717, 1.165) is 48.4 Å². The first-order valence-corrected chi connectivity index (χ1v) is 9.01. The van der Waals surface area contributed by atoms with Gasteiger partial charge in [0.15, 0.2) is 11.5 Å². The Labute approximate surface area is 141 Å². The van der Waals surface area contributed by atoms with Crippen LogP contribution in [0.3, 0.4) is 0 Å². The minimum atomic E-state index is 0.638. The van der Waals surface area contributed by atoms with Crippen LogP contribution >= 0.6 is 11.5 Å². The first kappa shape index (κ1) is 16.1. The van der Waals surface area contributed by atoms with Gasteiger partial charge in [-0.25, -0.2) is 4.98 Å². The lowest BCUT2D eigenvalue weighted by atomic mass is 9.99. The Bertz CT molecular complexity index is 672. The van der Waals surface area contributed by atoms with E-state index in [1.54, 1.807) is 0 Å². The Morgan fingerprint density at radius 2 is 1.78 bits per heavy atom. The highest BCUT2D eigenvalue weighted by Crippen LogP contribution is 2.35. The van der Waals surface area contributed by atoms with Crippen LogP contribution in [0, 0.1) is 0 Å². The van der Waals surface area contributed by atoms with E-state index in [1.165, 1.54) is 22.7 Å². The molecule has 0 fully saturated rings. The van der Waals surface area contributed by atoms with Crippen molar-refractivity contribution in [1.29, 1.82) is 0 Å². The second-order valence-corrected chi connectivity index (χ2v) is 6.18. The van der Waals surface area contributed by atoms with Crippen molar-refractivity contribution in [2.45, 2.75) is 40.2 Å². The standard InChI is InChI=1S/C17H23N3O2S/c1-4-16-18-17(23-19-16)20-8-7-12-9-14(21-5-2)15(22-6-3)10-13(12)11-20/h9-10H,4-8,11H2,1-3H3. The molecule has 2 aromatic rings. The molecule has 3 rings (SSSR count). The van der Waals surface area contributed by atoms with Crippen molar-refractivity contribution < 1.29 is 9.47 Å². The maximum absolute atomic E-state index is 5.75. The van der Waals surface area contributed by atoms with E-state index in [-0.39, 0.29) is 0 Å². The number of nitrogens with zero attached hydrogens (tertiary/aromatic N) is 3. The van der Waals surface area contributed by atoms with Crippen molar-refractivity contribution >= 4 is 16.7 Å². The number of hydrogen-bond donors (Lipinski definition) is 0. The number of aryl methyl sites for hydroxylation is 1. The largest absolute Gasteiger partial charge is 0.490 e. The monoisotopic (exact) mass is 333 g/mol. The Kier molecular flexibility index (Phi) is 5.00. The molecule has 23 heavy (non-hydrogen) atoms. The van der Waals surface area contributed by atoms with Gasteiger partial charge >= 0.3 is 0 Å². The normalized spacial score (nSPS) is 13.8. The lowest BCUT2D eigenvalue weighted by Crippen LogP contribution is -2.30. The van der Waals surface area contributed by atoms with Crippen molar-refractivity contribution in [3.05, 3.63) is 29.1 Å². The Morgan fingerprint density at radius 3 is 2.39 bits per heavy atom. The van der Waals surface area contributed by atoms with Crippen LogP contribution in [0.4, 0.5) is 5.13 Å². The van der Waals surface area contributed by atoms with Gasteiger partial charge in [0.05, 0.1) is 13.2 Å². The summed E-state index contributed by atoms with van der Waals surface area (Å²) in [6, 6.07) is 4.26. The summed E-state index contributed by atoms with van der Waals surface area (Å²) in [6.07, 6.45) is 1.87. The van der Waals surface area contributed by atoms with Crippen LogP contribution in [0.1, 0.15) is 37.7 Å². The SMILES string of the molecule is CCOc1cc2c(cc1OCC)CN(c1nc(CC)ns1)CC2. The molecule has 0 spiro atoms. The summed E-state index contributed by atoms with van der Waals surface area (Å²) in [5.74, 6) is 2.62. The molecular weight excluding hydrogens is 310 g/mol. The third-order valence-corrected chi connectivity index (χ3v) is 4.74. The van der Waals surface area contributed by atoms with Crippen molar-refractivity contribution in [2.24, 2.45) is 0 Å². The summed E-state index contributed by atoms with van der Waals surface area (Å²) >= 11 is 1.49. The number of anilines is 1. The van der Waals surface area contributed by atoms with E-state index in [0.29, 0.717) is 13.2 Å². The van der Waals surface area contributed by atoms with Crippen LogP contribution in [0.25, 0.3) is 0 Å². The molecule has 0 saturated carbocycles. The summed E-state index contributed by atoms with van der Waals surface area (Å²) in [5.41, 5.74) is 2.63. The zero-order chi connectivity index (χ0) is 16.2. The van der Waals surface area contributed by atoms with Gasteiger partial charge in [0.25, 0.3) is 0 Å². The average Bonchev–Trinajstić information content (AvgIpc) is 3.04. The van der Waals surface area contributed by atoms with E-state index in [2.05, 4.69) is 33.3 Å². The van der Waals surface area contributed by atoms with E-state index >= 15 is 0 Å². The average molecular weight is 333 g/mol. The number of ether oxygens (including phenoxy) is 2. The third kappa shape index (κ3) is 3.42. The van der Waals surface area contributed by atoms with Gasteiger partial charge in [-0.15, -0.1) is 0 Å². The van der Waals surface area contributed by atoms with E-state index in [4.69, 9.17) is 9.47 Å². The molecule has 0 atom stereocenters. The van der Waals surface area contributed by atoms with Crippen LogP contribution < -0.4 is 14.4 Å². The summed E-state index contributed by atoms with van der Waals surface area (Å²) in [5, 5.41) is 1.01. The molecule has 1 aliphatic heterocycles. The zero-order valence-corrected chi connectivity index (χ0v) is 14.8. The van der Waals surface area contributed by atoms with Crippen LogP contribution in [-0.4, -0.2) is 29.1 Å². The molecule has 124 valence electrons. The fourth-order valence-corrected chi connectivity index (χ4v) is 3.56. The van der Waals surface area contributed by atoms with E-state index < -0.39 is 0 Å². The Hall–Kier alpha value is -1.82. The summed E-state index contributed by atoms with van der Waals surface area (Å²) in [6.45, 7) is 9.17. The maximum atomic E-state index is 5.75. The molecule has 0 saturated heterocycles. The predicted molar refractivity (Wildman–Crippen MR) is 92.8 cm³/mol. The van der Waals surface area contributed by atoms with Crippen LogP contribution in [0.5, 0.6) is 11.5 Å². The van der Waals surface area contributed by atoms with Gasteiger partial charge in [-0.05, 0) is 43.5 Å². The number of benzene rings is 1. The van der Waals surface area contributed by atoms with Gasteiger partial charge in [0.2, 0.25) is 5.13 Å². The fourth-order valence-electron chi connectivity index (χ4n) is 2.78. The molecule has 1 aliphatic rings. The topological polar surface area (TPSA) is 47.5 Å². The van der Waals surface area contributed by atoms with Gasteiger partial charge in [0.1, 0.15) is 5.82 Å². The Balaban J connectivity index is 1.85. The number of aromatic nitrogens is 2. The quantitative estimate of drug-likeness (QED) is 0.810. The molecule has 0 unspecified atom stereocenters. The summed E-state index contributed by atoms with van der Waals surface area (Å²) in [7, 11) is 0. The summed E-state index contributed by atoms with van der Waals surface area (Å²) in [4.78, 5) is 6.91. The highest BCUT2D eigenvalue weighted by Gasteiger charge is 2.22. The minimum Gasteiger partial charge on any atom is -0.490 e. The molecule has 1 aromatic carbocycles. The molecule has 1 aromatic heterocycles. The lowest BCUT2D eigenvalue weighted by Gasteiger charge is -2.29. The summed E-state index contributed by atoms with van der Waals surface area (Å²) < 4.78 is 15.9. The predicted octanol–water partition coefficient (Wildman–Crippen LogP) is 3.46. The molecule has 6 heteroatoms. The van der Waals surface area contributed by atoms with Crippen molar-refractivity contribution in [3.63, 3.8) is 0 Å². The van der Waals surface area contributed by atoms with Crippen LogP contribution in [0.15, 0.2) is 12.1 Å². The highest BCUT2D eigenvalue weighted by atomic mass is 32.1. The highest BCUT2D eigenvalue weighted by molar-refractivity contribution is 7.09. The van der Waals surface area contributed by atoms with Crippen molar-refractivity contribution in [1.82, 2.24) is 9.36 Å². The fraction of sp³-hybridized carbons (Fsp3) is 0.529. The minimum absolute atomic E-state index is 0.638. The molecule has 0 aliphatic carbocycles. The maximum Gasteiger partial charge on any atom is 0.205 e. The smallest absolute Gasteiger partial charge is 0.205 e. The van der Waals surface area contributed by atoms with Crippen molar-refractivity contribution in [2.75, 3.05) is 24.7 Å².